The fraction of sp³-hybridized carbons (Fsp3) is 0.381. The molecule has 3 rings (SSSR count). The first-order valence-electron chi connectivity index (χ1n) is 8.57. The van der Waals surface area contributed by atoms with Crippen LogP contribution in [0.1, 0.15) is 44.2 Å². The Morgan fingerprint density at radius 2 is 1.92 bits per heavy atom. The van der Waals surface area contributed by atoms with Gasteiger partial charge in [-0.05, 0) is 62.1 Å². The number of ether oxygens (including phenoxy) is 1. The smallest absolute Gasteiger partial charge is 0.129 e. The molecule has 132 valence electrons. The predicted molar refractivity (Wildman–Crippen MR) is 102 cm³/mol. The summed E-state index contributed by atoms with van der Waals surface area (Å²) in [7, 11) is 3.81. The monoisotopic (exact) mass is 340 g/mol. The van der Waals surface area contributed by atoms with Crippen LogP contribution < -0.4 is 9.64 Å². The van der Waals surface area contributed by atoms with E-state index >= 15 is 0 Å². The van der Waals surface area contributed by atoms with Crippen molar-refractivity contribution in [2.75, 3.05) is 19.1 Å². The molecule has 1 atom stereocenters. The Kier molecular flexibility index (Phi) is 4.55. The Morgan fingerprint density at radius 3 is 2.56 bits per heavy atom. The minimum atomic E-state index is -0.259. The summed E-state index contributed by atoms with van der Waals surface area (Å²) in [4.78, 5) is 6.79. The normalized spacial score (nSPS) is 19.1. The van der Waals surface area contributed by atoms with Gasteiger partial charge in [-0.3, -0.25) is 4.99 Å². The van der Waals surface area contributed by atoms with Crippen LogP contribution in [0.15, 0.2) is 41.4 Å². The van der Waals surface area contributed by atoms with Gasteiger partial charge in [0.25, 0.3) is 0 Å². The first kappa shape index (κ1) is 17.5. The number of benzene rings is 2. The van der Waals surface area contributed by atoms with Gasteiger partial charge in [0, 0.05) is 36.1 Å². The molecule has 1 aliphatic rings. The standard InChI is InChI=1S/C21H25FN2O/c1-14-12-21(2,3)24(4)19-11-20(25-5)15(10-18(14)19)13-23-17-8-6-16(22)7-9-17/h6-11,13-14H,12H2,1-5H3. The zero-order valence-corrected chi connectivity index (χ0v) is 15.5. The first-order valence-corrected chi connectivity index (χ1v) is 8.57. The number of halogens is 1. The number of hydrogen-bond donors (Lipinski definition) is 0. The van der Waals surface area contributed by atoms with Crippen molar-refractivity contribution in [2.24, 2.45) is 4.99 Å². The number of nitrogens with zero attached hydrogens (tertiary/aromatic N) is 2. The van der Waals surface area contributed by atoms with E-state index in [2.05, 4.69) is 49.8 Å². The molecule has 1 aliphatic heterocycles. The van der Waals surface area contributed by atoms with Gasteiger partial charge in [-0.15, -0.1) is 0 Å². The minimum absolute atomic E-state index is 0.112. The lowest BCUT2D eigenvalue weighted by Gasteiger charge is -2.45. The molecular formula is C21H25FN2O. The number of anilines is 1. The van der Waals surface area contributed by atoms with Crippen LogP contribution in [0.5, 0.6) is 5.75 Å². The molecule has 0 saturated heterocycles. The first-order chi connectivity index (χ1) is 11.8. The van der Waals surface area contributed by atoms with Crippen molar-refractivity contribution >= 4 is 17.6 Å². The Labute approximate surface area is 149 Å². The summed E-state index contributed by atoms with van der Waals surface area (Å²) < 4.78 is 18.6. The molecule has 0 bridgehead atoms. The molecular weight excluding hydrogens is 315 g/mol. The third-order valence-corrected chi connectivity index (χ3v) is 5.16. The van der Waals surface area contributed by atoms with Crippen LogP contribution in [0.4, 0.5) is 15.8 Å². The molecule has 0 saturated carbocycles. The van der Waals surface area contributed by atoms with Gasteiger partial charge in [-0.2, -0.15) is 0 Å². The van der Waals surface area contributed by atoms with E-state index in [9.17, 15) is 4.39 Å². The molecule has 0 spiro atoms. The van der Waals surface area contributed by atoms with E-state index in [0.717, 1.165) is 17.7 Å². The van der Waals surface area contributed by atoms with E-state index in [1.54, 1.807) is 25.5 Å². The molecule has 0 amide bonds. The van der Waals surface area contributed by atoms with E-state index in [4.69, 9.17) is 4.74 Å². The molecule has 2 aromatic rings. The van der Waals surface area contributed by atoms with Crippen molar-refractivity contribution in [2.45, 2.75) is 38.6 Å². The van der Waals surface area contributed by atoms with Crippen molar-refractivity contribution in [1.82, 2.24) is 0 Å². The molecule has 1 unspecified atom stereocenters. The summed E-state index contributed by atoms with van der Waals surface area (Å²) >= 11 is 0. The maximum Gasteiger partial charge on any atom is 0.129 e. The van der Waals surface area contributed by atoms with Gasteiger partial charge >= 0.3 is 0 Å². The maximum absolute atomic E-state index is 13.0. The quantitative estimate of drug-likeness (QED) is 0.708. The highest BCUT2D eigenvalue weighted by Gasteiger charge is 2.34. The topological polar surface area (TPSA) is 24.8 Å². The van der Waals surface area contributed by atoms with E-state index in [1.807, 2.05) is 0 Å². The van der Waals surface area contributed by atoms with Crippen molar-refractivity contribution in [1.29, 1.82) is 0 Å². The number of rotatable bonds is 3. The maximum atomic E-state index is 13.0. The van der Waals surface area contributed by atoms with E-state index < -0.39 is 0 Å². The van der Waals surface area contributed by atoms with Gasteiger partial charge in [0.1, 0.15) is 11.6 Å². The van der Waals surface area contributed by atoms with Crippen molar-refractivity contribution in [3.63, 3.8) is 0 Å². The second-order valence-electron chi connectivity index (χ2n) is 7.36. The average molecular weight is 340 g/mol. The summed E-state index contributed by atoms with van der Waals surface area (Å²) in [5.74, 6) is 0.997. The van der Waals surface area contributed by atoms with Gasteiger partial charge in [0.2, 0.25) is 0 Å². The molecule has 0 fully saturated rings. The second kappa shape index (κ2) is 6.51. The third-order valence-electron chi connectivity index (χ3n) is 5.16. The van der Waals surface area contributed by atoms with Crippen LogP contribution in [-0.2, 0) is 0 Å². The fourth-order valence-corrected chi connectivity index (χ4v) is 3.56. The lowest BCUT2D eigenvalue weighted by atomic mass is 9.80. The summed E-state index contributed by atoms with van der Waals surface area (Å²) in [5.41, 5.74) is 4.28. The molecule has 0 radical (unpaired) electrons. The minimum Gasteiger partial charge on any atom is -0.496 e. The molecule has 2 aromatic carbocycles. The van der Waals surface area contributed by atoms with Crippen LogP contribution in [0.25, 0.3) is 0 Å². The molecule has 0 aromatic heterocycles. The van der Waals surface area contributed by atoms with E-state index in [-0.39, 0.29) is 11.4 Å². The van der Waals surface area contributed by atoms with Gasteiger partial charge in [0.05, 0.1) is 12.8 Å². The lowest BCUT2D eigenvalue weighted by Crippen LogP contribution is -2.45. The largest absolute Gasteiger partial charge is 0.496 e. The summed E-state index contributed by atoms with van der Waals surface area (Å²) in [6.07, 6.45) is 2.89. The number of fused-ring (bicyclic) bond motifs is 1. The highest BCUT2D eigenvalue weighted by molar-refractivity contribution is 5.87. The van der Waals surface area contributed by atoms with Crippen molar-refractivity contribution in [3.05, 3.63) is 53.3 Å². The number of aliphatic imine (C=N–C) groups is 1. The fourth-order valence-electron chi connectivity index (χ4n) is 3.56. The summed E-state index contributed by atoms with van der Waals surface area (Å²) in [6.45, 7) is 6.80. The van der Waals surface area contributed by atoms with Gasteiger partial charge in [-0.25, -0.2) is 4.39 Å². The molecule has 4 heteroatoms. The van der Waals surface area contributed by atoms with Crippen molar-refractivity contribution < 1.29 is 9.13 Å². The van der Waals surface area contributed by atoms with Crippen LogP contribution in [0, 0.1) is 5.82 Å². The number of methoxy groups -OCH3 is 1. The Balaban J connectivity index is 2.01. The third kappa shape index (κ3) is 3.39. The lowest BCUT2D eigenvalue weighted by molar-refractivity contribution is 0.389. The molecule has 1 heterocycles. The van der Waals surface area contributed by atoms with Gasteiger partial charge in [0.15, 0.2) is 0 Å². The zero-order valence-electron chi connectivity index (χ0n) is 15.5. The highest BCUT2D eigenvalue weighted by Crippen LogP contribution is 2.44. The average Bonchev–Trinajstić information content (AvgIpc) is 2.58. The Hall–Kier alpha value is -2.36. The summed E-state index contributed by atoms with van der Waals surface area (Å²) in [5, 5.41) is 0. The van der Waals surface area contributed by atoms with Crippen LogP contribution >= 0.6 is 0 Å². The van der Waals surface area contributed by atoms with Gasteiger partial charge in [-0.1, -0.05) is 6.92 Å². The van der Waals surface area contributed by atoms with Crippen LogP contribution in [-0.4, -0.2) is 25.9 Å². The molecule has 25 heavy (non-hydrogen) atoms. The SMILES string of the molecule is COc1cc2c(cc1C=Nc1ccc(F)cc1)C(C)CC(C)(C)N2C. The van der Waals surface area contributed by atoms with Crippen LogP contribution in [0.3, 0.4) is 0 Å². The van der Waals surface area contributed by atoms with Crippen LogP contribution in [0.2, 0.25) is 0 Å². The highest BCUT2D eigenvalue weighted by atomic mass is 19.1. The Morgan fingerprint density at radius 1 is 1.24 bits per heavy atom. The molecule has 3 nitrogen and oxygen atoms in total. The zero-order chi connectivity index (χ0) is 18.2. The van der Waals surface area contributed by atoms with Gasteiger partial charge < -0.3 is 9.64 Å². The predicted octanol–water partition coefficient (Wildman–Crippen LogP) is 5.31. The number of hydrogen-bond acceptors (Lipinski definition) is 3. The van der Waals surface area contributed by atoms with Crippen molar-refractivity contribution in [3.8, 4) is 5.75 Å². The Bertz CT molecular complexity index is 796. The van der Waals surface area contributed by atoms with E-state index in [1.165, 1.54) is 23.4 Å². The molecule has 0 N–H and O–H groups in total. The summed E-state index contributed by atoms with van der Waals surface area (Å²) in [6, 6.07) is 10.4. The second-order valence-corrected chi connectivity index (χ2v) is 7.36. The van der Waals surface area contributed by atoms with E-state index in [0.29, 0.717) is 11.6 Å². The molecule has 0 aliphatic carbocycles.